The molecule has 2 rings (SSSR count). The predicted octanol–water partition coefficient (Wildman–Crippen LogP) is 2.03. The lowest BCUT2D eigenvalue weighted by Gasteiger charge is -2.10. The minimum Gasteiger partial charge on any atom is -0.491 e. The number of aromatic nitrogens is 2. The molecule has 1 heterocycles. The molecular formula is C13H16N4O2. The van der Waals surface area contributed by atoms with Crippen molar-refractivity contribution >= 4 is 17.4 Å². The number of carbonyl (C=O) groups is 1. The molecule has 100 valence electrons. The Labute approximate surface area is 111 Å². The van der Waals surface area contributed by atoms with E-state index in [0.29, 0.717) is 11.3 Å². The molecule has 0 fully saturated rings. The molecule has 1 amide bonds. The molecule has 4 N–H and O–H groups in total. The van der Waals surface area contributed by atoms with Gasteiger partial charge in [0.25, 0.3) is 5.91 Å². The Morgan fingerprint density at radius 3 is 2.58 bits per heavy atom. The van der Waals surface area contributed by atoms with Gasteiger partial charge in [-0.1, -0.05) is 0 Å². The summed E-state index contributed by atoms with van der Waals surface area (Å²) in [5.74, 6) is 0.705. The van der Waals surface area contributed by atoms with Crippen molar-refractivity contribution in [3.63, 3.8) is 0 Å². The van der Waals surface area contributed by atoms with Gasteiger partial charge in [-0.25, -0.2) is 0 Å². The van der Waals surface area contributed by atoms with Crippen LogP contribution in [0.2, 0.25) is 0 Å². The van der Waals surface area contributed by atoms with Crippen LogP contribution in [0.4, 0.5) is 11.5 Å². The van der Waals surface area contributed by atoms with E-state index in [-0.39, 0.29) is 17.8 Å². The van der Waals surface area contributed by atoms with E-state index < -0.39 is 0 Å². The van der Waals surface area contributed by atoms with Crippen molar-refractivity contribution in [2.75, 3.05) is 11.1 Å². The van der Waals surface area contributed by atoms with Crippen molar-refractivity contribution in [3.05, 3.63) is 36.0 Å². The average molecular weight is 260 g/mol. The highest BCUT2D eigenvalue weighted by Crippen LogP contribution is 2.18. The quantitative estimate of drug-likeness (QED) is 0.784. The number of ether oxygens (including phenoxy) is 1. The van der Waals surface area contributed by atoms with Gasteiger partial charge in [-0.3, -0.25) is 9.89 Å². The van der Waals surface area contributed by atoms with Gasteiger partial charge in [-0.15, -0.1) is 0 Å². The largest absolute Gasteiger partial charge is 0.491 e. The summed E-state index contributed by atoms with van der Waals surface area (Å²) < 4.78 is 5.52. The molecule has 6 nitrogen and oxygen atoms in total. The lowest BCUT2D eigenvalue weighted by molar-refractivity contribution is 0.102. The van der Waals surface area contributed by atoms with Crippen LogP contribution >= 0.6 is 0 Å². The molecule has 0 saturated carbocycles. The molecule has 2 aromatic rings. The fourth-order valence-electron chi connectivity index (χ4n) is 1.56. The molecule has 0 bridgehead atoms. The van der Waals surface area contributed by atoms with Crippen LogP contribution < -0.4 is 15.8 Å². The van der Waals surface area contributed by atoms with Crippen LogP contribution in [-0.2, 0) is 0 Å². The fourth-order valence-corrected chi connectivity index (χ4v) is 1.56. The van der Waals surface area contributed by atoms with E-state index in [1.54, 1.807) is 24.3 Å². The number of aromatic amines is 1. The van der Waals surface area contributed by atoms with Crippen molar-refractivity contribution in [3.8, 4) is 5.75 Å². The van der Waals surface area contributed by atoms with Gasteiger partial charge in [-0.05, 0) is 38.1 Å². The Kier molecular flexibility index (Phi) is 3.70. The highest BCUT2D eigenvalue weighted by atomic mass is 16.5. The van der Waals surface area contributed by atoms with E-state index in [4.69, 9.17) is 10.5 Å². The van der Waals surface area contributed by atoms with Crippen molar-refractivity contribution in [1.29, 1.82) is 0 Å². The zero-order chi connectivity index (χ0) is 13.8. The second kappa shape index (κ2) is 5.43. The van der Waals surface area contributed by atoms with E-state index in [1.807, 2.05) is 13.8 Å². The summed E-state index contributed by atoms with van der Waals surface area (Å²) in [6, 6.07) is 7.14. The number of anilines is 2. The first-order chi connectivity index (χ1) is 9.06. The van der Waals surface area contributed by atoms with Gasteiger partial charge in [-0.2, -0.15) is 5.10 Å². The molecule has 0 aliphatic carbocycles. The number of nitrogens with zero attached hydrogens (tertiary/aromatic N) is 1. The van der Waals surface area contributed by atoms with Crippen LogP contribution in [0.5, 0.6) is 5.75 Å². The molecule has 1 aromatic carbocycles. The fraction of sp³-hybridized carbons (Fsp3) is 0.231. The first-order valence-corrected chi connectivity index (χ1v) is 5.93. The smallest absolute Gasteiger partial charge is 0.261 e. The van der Waals surface area contributed by atoms with Gasteiger partial charge in [0, 0.05) is 5.69 Å². The maximum atomic E-state index is 11.9. The molecule has 6 heteroatoms. The third kappa shape index (κ3) is 3.25. The molecule has 0 radical (unpaired) electrons. The molecule has 0 spiro atoms. The number of nitrogen functional groups attached to an aromatic ring is 1. The SMILES string of the molecule is CC(C)Oc1ccc(NC(=O)c2cn[nH]c2N)cc1. The Hall–Kier alpha value is -2.50. The summed E-state index contributed by atoms with van der Waals surface area (Å²) in [6.07, 6.45) is 1.51. The molecule has 0 aliphatic heterocycles. The summed E-state index contributed by atoms with van der Waals surface area (Å²) >= 11 is 0. The molecule has 0 atom stereocenters. The predicted molar refractivity (Wildman–Crippen MR) is 73.2 cm³/mol. The number of H-pyrrole nitrogens is 1. The maximum absolute atomic E-state index is 11.9. The molecule has 19 heavy (non-hydrogen) atoms. The van der Waals surface area contributed by atoms with E-state index in [1.165, 1.54) is 6.20 Å². The standard InChI is InChI=1S/C13H16N4O2/c1-8(2)19-10-5-3-9(4-6-10)16-13(18)11-7-15-17-12(11)14/h3-8H,1-2H3,(H,16,18)(H3,14,15,17). The van der Waals surface area contributed by atoms with Crippen molar-refractivity contribution < 1.29 is 9.53 Å². The lowest BCUT2D eigenvalue weighted by Crippen LogP contribution is -2.13. The number of nitrogens with one attached hydrogen (secondary N) is 2. The lowest BCUT2D eigenvalue weighted by atomic mass is 10.2. The second-order valence-corrected chi connectivity index (χ2v) is 4.34. The summed E-state index contributed by atoms with van der Waals surface area (Å²) in [5, 5.41) is 8.94. The maximum Gasteiger partial charge on any atom is 0.261 e. The molecule has 0 saturated heterocycles. The van der Waals surface area contributed by atoms with E-state index in [9.17, 15) is 4.79 Å². The first kappa shape index (κ1) is 12.9. The Balaban J connectivity index is 2.04. The number of nitrogens with two attached hydrogens (primary N) is 1. The molecule has 0 unspecified atom stereocenters. The van der Waals surface area contributed by atoms with Gasteiger partial charge in [0.1, 0.15) is 17.1 Å². The number of rotatable bonds is 4. The Morgan fingerprint density at radius 2 is 2.05 bits per heavy atom. The zero-order valence-corrected chi connectivity index (χ0v) is 10.8. The second-order valence-electron chi connectivity index (χ2n) is 4.34. The number of hydrogen-bond donors (Lipinski definition) is 3. The first-order valence-electron chi connectivity index (χ1n) is 5.93. The highest BCUT2D eigenvalue weighted by molar-refractivity contribution is 6.07. The Morgan fingerprint density at radius 1 is 1.37 bits per heavy atom. The van der Waals surface area contributed by atoms with Crippen molar-refractivity contribution in [2.45, 2.75) is 20.0 Å². The molecule has 0 aliphatic rings. The van der Waals surface area contributed by atoms with Crippen LogP contribution in [0.25, 0.3) is 0 Å². The number of amides is 1. The topological polar surface area (TPSA) is 93.0 Å². The Bertz CT molecular complexity index is 560. The van der Waals surface area contributed by atoms with Crippen molar-refractivity contribution in [1.82, 2.24) is 10.2 Å². The van der Waals surface area contributed by atoms with Crippen LogP contribution in [0.3, 0.4) is 0 Å². The van der Waals surface area contributed by atoms with Gasteiger partial charge in [0.15, 0.2) is 0 Å². The average Bonchev–Trinajstić information content (AvgIpc) is 2.77. The van der Waals surface area contributed by atoms with Gasteiger partial charge in [0.2, 0.25) is 0 Å². The summed E-state index contributed by atoms with van der Waals surface area (Å²) in [7, 11) is 0. The minimum atomic E-state index is -0.302. The van der Waals surface area contributed by atoms with E-state index in [2.05, 4.69) is 15.5 Å². The number of carbonyl (C=O) groups excluding carboxylic acids is 1. The van der Waals surface area contributed by atoms with Gasteiger partial charge in [0.05, 0.1) is 12.3 Å². The number of hydrogen-bond acceptors (Lipinski definition) is 4. The molecule has 1 aromatic heterocycles. The zero-order valence-electron chi connectivity index (χ0n) is 10.8. The normalized spacial score (nSPS) is 10.5. The summed E-state index contributed by atoms with van der Waals surface area (Å²) in [4.78, 5) is 11.9. The van der Waals surface area contributed by atoms with Crippen LogP contribution in [0, 0.1) is 0 Å². The van der Waals surface area contributed by atoms with Crippen LogP contribution in [0.15, 0.2) is 30.5 Å². The third-order valence-electron chi connectivity index (χ3n) is 2.40. The van der Waals surface area contributed by atoms with Crippen molar-refractivity contribution in [2.24, 2.45) is 0 Å². The van der Waals surface area contributed by atoms with Crippen LogP contribution in [0.1, 0.15) is 24.2 Å². The minimum absolute atomic E-state index is 0.117. The van der Waals surface area contributed by atoms with Gasteiger partial charge >= 0.3 is 0 Å². The summed E-state index contributed by atoms with van der Waals surface area (Å²) in [6.45, 7) is 3.91. The van der Waals surface area contributed by atoms with E-state index >= 15 is 0 Å². The molecular weight excluding hydrogens is 244 g/mol. The van der Waals surface area contributed by atoms with Gasteiger partial charge < -0.3 is 15.8 Å². The summed E-state index contributed by atoms with van der Waals surface area (Å²) in [5.41, 5.74) is 6.57. The van der Waals surface area contributed by atoms with Crippen LogP contribution in [-0.4, -0.2) is 22.2 Å². The monoisotopic (exact) mass is 260 g/mol. The highest BCUT2D eigenvalue weighted by Gasteiger charge is 2.11. The van der Waals surface area contributed by atoms with E-state index in [0.717, 1.165) is 5.75 Å². The third-order valence-corrected chi connectivity index (χ3v) is 2.40. The number of benzene rings is 1.